The van der Waals surface area contributed by atoms with Crippen molar-refractivity contribution < 1.29 is 9.90 Å². The Hall–Kier alpha value is -0.570. The third-order valence-corrected chi connectivity index (χ3v) is 2.80. The molecule has 0 saturated carbocycles. The van der Waals surface area contributed by atoms with Crippen LogP contribution in [0.1, 0.15) is 39.5 Å². The lowest BCUT2D eigenvalue weighted by molar-refractivity contribution is -0.128. The number of rotatable bonds is 5. The van der Waals surface area contributed by atoms with Gasteiger partial charge < -0.3 is 10.0 Å². The van der Waals surface area contributed by atoms with Crippen molar-refractivity contribution in [3.63, 3.8) is 0 Å². The summed E-state index contributed by atoms with van der Waals surface area (Å²) < 4.78 is 0. The topological polar surface area (TPSA) is 40.5 Å². The fourth-order valence-electron chi connectivity index (χ4n) is 2.02. The number of likely N-dealkylation sites (tertiary alicyclic amines) is 1. The zero-order valence-corrected chi connectivity index (χ0v) is 9.25. The van der Waals surface area contributed by atoms with Crippen LogP contribution in [0.5, 0.6) is 0 Å². The highest BCUT2D eigenvalue weighted by Crippen LogP contribution is 2.25. The minimum atomic E-state index is 0.142. The number of hydrogen-bond acceptors (Lipinski definition) is 2. The quantitative estimate of drug-likeness (QED) is 0.727. The average Bonchev–Trinajstić information content (AvgIpc) is 2.48. The van der Waals surface area contributed by atoms with Crippen molar-refractivity contribution in [2.45, 2.75) is 39.5 Å². The zero-order chi connectivity index (χ0) is 10.6. The molecule has 0 aromatic rings. The Morgan fingerprint density at radius 2 is 2.21 bits per heavy atom. The molecule has 0 aromatic carbocycles. The van der Waals surface area contributed by atoms with Crippen LogP contribution in [0.25, 0.3) is 0 Å². The molecule has 1 fully saturated rings. The van der Waals surface area contributed by atoms with Gasteiger partial charge in [-0.05, 0) is 24.7 Å². The van der Waals surface area contributed by atoms with Gasteiger partial charge in [0.1, 0.15) is 0 Å². The average molecular weight is 199 g/mol. The summed E-state index contributed by atoms with van der Waals surface area (Å²) >= 11 is 0. The lowest BCUT2D eigenvalue weighted by Gasteiger charge is -2.30. The molecule has 1 rings (SSSR count). The van der Waals surface area contributed by atoms with Crippen LogP contribution in [-0.2, 0) is 4.79 Å². The van der Waals surface area contributed by atoms with E-state index in [9.17, 15) is 4.79 Å². The number of aliphatic hydroxyl groups is 1. The molecule has 0 aliphatic carbocycles. The van der Waals surface area contributed by atoms with Gasteiger partial charge in [0.05, 0.1) is 0 Å². The van der Waals surface area contributed by atoms with E-state index in [-0.39, 0.29) is 12.0 Å². The Morgan fingerprint density at radius 1 is 1.50 bits per heavy atom. The van der Waals surface area contributed by atoms with Crippen molar-refractivity contribution in [1.82, 2.24) is 4.90 Å². The van der Waals surface area contributed by atoms with E-state index in [1.165, 1.54) is 0 Å². The van der Waals surface area contributed by atoms with Gasteiger partial charge in [-0.1, -0.05) is 13.8 Å². The van der Waals surface area contributed by atoms with Crippen LogP contribution in [0.15, 0.2) is 0 Å². The lowest BCUT2D eigenvalue weighted by atomic mass is 9.87. The summed E-state index contributed by atoms with van der Waals surface area (Å²) in [4.78, 5) is 13.4. The summed E-state index contributed by atoms with van der Waals surface area (Å²) in [6.45, 7) is 6.33. The van der Waals surface area contributed by atoms with Crippen molar-refractivity contribution in [3.8, 4) is 0 Å². The van der Waals surface area contributed by atoms with E-state index in [1.54, 1.807) is 0 Å². The molecule has 1 aliphatic rings. The SMILES string of the molecule is CC(C)(CCCO)CN1CCCC1=O. The highest BCUT2D eigenvalue weighted by molar-refractivity contribution is 5.78. The second-order valence-corrected chi connectivity index (χ2v) is 4.91. The van der Waals surface area contributed by atoms with Crippen molar-refractivity contribution in [3.05, 3.63) is 0 Å². The number of hydrogen-bond donors (Lipinski definition) is 1. The minimum Gasteiger partial charge on any atom is -0.396 e. The summed E-state index contributed by atoms with van der Waals surface area (Å²) in [5.74, 6) is 0.294. The van der Waals surface area contributed by atoms with Gasteiger partial charge in [-0.3, -0.25) is 4.79 Å². The van der Waals surface area contributed by atoms with Gasteiger partial charge >= 0.3 is 0 Å². The normalized spacial score (nSPS) is 17.9. The van der Waals surface area contributed by atoms with Crippen molar-refractivity contribution in [2.75, 3.05) is 19.7 Å². The van der Waals surface area contributed by atoms with Crippen LogP contribution in [0.3, 0.4) is 0 Å². The lowest BCUT2D eigenvalue weighted by Crippen LogP contribution is -2.35. The molecule has 0 aromatic heterocycles. The van der Waals surface area contributed by atoms with Crippen LogP contribution in [0, 0.1) is 5.41 Å². The van der Waals surface area contributed by atoms with E-state index in [4.69, 9.17) is 5.11 Å². The molecule has 0 bridgehead atoms. The van der Waals surface area contributed by atoms with Crippen molar-refractivity contribution >= 4 is 5.91 Å². The number of carbonyl (C=O) groups excluding carboxylic acids is 1. The first-order valence-electron chi connectivity index (χ1n) is 5.44. The van der Waals surface area contributed by atoms with Crippen LogP contribution in [0.4, 0.5) is 0 Å². The highest BCUT2D eigenvalue weighted by atomic mass is 16.2. The zero-order valence-electron chi connectivity index (χ0n) is 9.25. The number of carbonyl (C=O) groups is 1. The van der Waals surface area contributed by atoms with Gasteiger partial charge in [0.2, 0.25) is 5.91 Å². The molecule has 1 amide bonds. The molecule has 1 N–H and O–H groups in total. The smallest absolute Gasteiger partial charge is 0.222 e. The first-order valence-corrected chi connectivity index (χ1v) is 5.44. The molecule has 3 nitrogen and oxygen atoms in total. The molecule has 82 valence electrons. The highest BCUT2D eigenvalue weighted by Gasteiger charge is 2.27. The summed E-state index contributed by atoms with van der Waals surface area (Å²) in [5, 5.41) is 8.76. The third kappa shape index (κ3) is 3.29. The molecule has 0 atom stereocenters. The maximum Gasteiger partial charge on any atom is 0.222 e. The molecule has 1 heterocycles. The first-order chi connectivity index (χ1) is 6.55. The maximum absolute atomic E-state index is 11.4. The van der Waals surface area contributed by atoms with Gasteiger partial charge in [0.15, 0.2) is 0 Å². The summed E-state index contributed by atoms with van der Waals surface area (Å²) in [6.07, 6.45) is 3.54. The van der Waals surface area contributed by atoms with E-state index in [1.807, 2.05) is 4.90 Å². The second-order valence-electron chi connectivity index (χ2n) is 4.91. The molecule has 1 saturated heterocycles. The number of nitrogens with zero attached hydrogens (tertiary/aromatic N) is 1. The fourth-order valence-corrected chi connectivity index (χ4v) is 2.02. The molecule has 3 heteroatoms. The summed E-state index contributed by atoms with van der Waals surface area (Å²) in [5.41, 5.74) is 0.142. The Labute approximate surface area is 86.1 Å². The van der Waals surface area contributed by atoms with Gasteiger partial charge in [-0.2, -0.15) is 0 Å². The monoisotopic (exact) mass is 199 g/mol. The third-order valence-electron chi connectivity index (χ3n) is 2.80. The van der Waals surface area contributed by atoms with Gasteiger partial charge in [-0.25, -0.2) is 0 Å². The minimum absolute atomic E-state index is 0.142. The predicted octanol–water partition coefficient (Wildman–Crippen LogP) is 1.41. The van der Waals surface area contributed by atoms with Crippen molar-refractivity contribution in [2.24, 2.45) is 5.41 Å². The molecule has 1 aliphatic heterocycles. The second kappa shape index (κ2) is 4.78. The molecule has 14 heavy (non-hydrogen) atoms. The summed E-state index contributed by atoms with van der Waals surface area (Å²) in [7, 11) is 0. The van der Waals surface area contributed by atoms with Crippen LogP contribution >= 0.6 is 0 Å². The van der Waals surface area contributed by atoms with E-state index in [2.05, 4.69) is 13.8 Å². The Morgan fingerprint density at radius 3 is 2.71 bits per heavy atom. The first kappa shape index (κ1) is 11.5. The van der Waals surface area contributed by atoms with Crippen molar-refractivity contribution in [1.29, 1.82) is 0 Å². The molecular formula is C11H21NO2. The van der Waals surface area contributed by atoms with Gasteiger partial charge in [-0.15, -0.1) is 0 Å². The Kier molecular flexibility index (Phi) is 3.93. The Balaban J connectivity index is 2.37. The standard InChI is InChI=1S/C11H21NO2/c1-11(2,6-4-8-13)9-12-7-3-5-10(12)14/h13H,3-9H2,1-2H3. The molecule has 0 unspecified atom stereocenters. The molecular weight excluding hydrogens is 178 g/mol. The van der Waals surface area contributed by atoms with Gasteiger partial charge in [0.25, 0.3) is 0 Å². The largest absolute Gasteiger partial charge is 0.396 e. The van der Waals surface area contributed by atoms with E-state index in [0.717, 1.165) is 38.8 Å². The predicted molar refractivity (Wildman–Crippen MR) is 55.9 cm³/mol. The molecule has 0 radical (unpaired) electrons. The fraction of sp³-hybridized carbons (Fsp3) is 0.909. The summed E-state index contributed by atoms with van der Waals surface area (Å²) in [6, 6.07) is 0. The maximum atomic E-state index is 11.4. The number of aliphatic hydroxyl groups excluding tert-OH is 1. The van der Waals surface area contributed by atoms with Crippen LogP contribution < -0.4 is 0 Å². The van der Waals surface area contributed by atoms with E-state index >= 15 is 0 Å². The number of amides is 1. The van der Waals surface area contributed by atoms with Crippen LogP contribution in [-0.4, -0.2) is 35.6 Å². The molecule has 0 spiro atoms. The van der Waals surface area contributed by atoms with Gasteiger partial charge in [0, 0.05) is 26.1 Å². The Bertz CT molecular complexity index is 201. The van der Waals surface area contributed by atoms with E-state index < -0.39 is 0 Å². The van der Waals surface area contributed by atoms with Crippen LogP contribution in [0.2, 0.25) is 0 Å². The van der Waals surface area contributed by atoms with E-state index in [0.29, 0.717) is 5.91 Å².